The predicted molar refractivity (Wildman–Crippen MR) is 78.9 cm³/mol. The average Bonchev–Trinajstić information content (AvgIpc) is 3.06. The van der Waals surface area contributed by atoms with Crippen LogP contribution in [0, 0.1) is 0 Å². The summed E-state index contributed by atoms with van der Waals surface area (Å²) in [6.07, 6.45) is 4.80. The number of aliphatic hydroxyl groups excluding tert-OH is 1. The van der Waals surface area contributed by atoms with Crippen LogP contribution in [-0.4, -0.2) is 85.6 Å². The molecule has 2 heterocycles. The summed E-state index contributed by atoms with van der Waals surface area (Å²) >= 11 is 0. The Bertz CT molecular complexity index is 301. The van der Waals surface area contributed by atoms with E-state index < -0.39 is 0 Å². The van der Waals surface area contributed by atoms with Gasteiger partial charge in [0.2, 0.25) is 0 Å². The molecule has 3 aliphatic rings. The van der Waals surface area contributed by atoms with Gasteiger partial charge in [-0.3, -0.25) is 4.90 Å². The zero-order valence-electron chi connectivity index (χ0n) is 12.6. The van der Waals surface area contributed by atoms with E-state index in [1.165, 1.54) is 25.7 Å². The van der Waals surface area contributed by atoms with E-state index in [9.17, 15) is 5.11 Å². The lowest BCUT2D eigenvalue weighted by atomic mass is 10.1. The largest absolute Gasteiger partial charge is 0.389 e. The summed E-state index contributed by atoms with van der Waals surface area (Å²) in [5, 5.41) is 14.1. The van der Waals surface area contributed by atoms with Gasteiger partial charge in [0.25, 0.3) is 0 Å². The highest BCUT2D eigenvalue weighted by molar-refractivity contribution is 4.93. The standard InChI is InChI=1S/C15H29N3O2/c1-17-6-8-18(9-7-17)10-14-15(19)13(11-20-14)16-12-4-2-3-5-12/h12-16,19H,2-11H2,1H3. The van der Waals surface area contributed by atoms with Crippen LogP contribution in [0.25, 0.3) is 0 Å². The summed E-state index contributed by atoms with van der Waals surface area (Å²) in [5.74, 6) is 0. The molecule has 0 spiro atoms. The van der Waals surface area contributed by atoms with E-state index in [-0.39, 0.29) is 18.2 Å². The van der Waals surface area contributed by atoms with Crippen LogP contribution < -0.4 is 5.32 Å². The van der Waals surface area contributed by atoms with Gasteiger partial charge in [-0.25, -0.2) is 0 Å². The Balaban J connectivity index is 1.44. The molecule has 2 aliphatic heterocycles. The zero-order valence-corrected chi connectivity index (χ0v) is 12.6. The third kappa shape index (κ3) is 3.52. The van der Waals surface area contributed by atoms with Crippen LogP contribution >= 0.6 is 0 Å². The van der Waals surface area contributed by atoms with E-state index in [1.54, 1.807) is 0 Å². The molecule has 20 heavy (non-hydrogen) atoms. The van der Waals surface area contributed by atoms with Crippen molar-refractivity contribution in [3.63, 3.8) is 0 Å². The molecule has 1 saturated carbocycles. The van der Waals surface area contributed by atoms with Gasteiger partial charge >= 0.3 is 0 Å². The van der Waals surface area contributed by atoms with Gasteiger partial charge in [-0.05, 0) is 19.9 Å². The minimum atomic E-state index is -0.352. The third-order valence-corrected chi connectivity index (χ3v) is 5.12. The Labute approximate surface area is 122 Å². The second-order valence-corrected chi connectivity index (χ2v) is 6.72. The Morgan fingerprint density at radius 1 is 1.15 bits per heavy atom. The topological polar surface area (TPSA) is 48.0 Å². The van der Waals surface area contributed by atoms with Crippen LogP contribution in [0.15, 0.2) is 0 Å². The van der Waals surface area contributed by atoms with Crippen molar-refractivity contribution in [2.24, 2.45) is 0 Å². The molecule has 3 fully saturated rings. The number of likely N-dealkylation sites (N-methyl/N-ethyl adjacent to an activating group) is 1. The molecule has 2 saturated heterocycles. The fraction of sp³-hybridized carbons (Fsp3) is 1.00. The van der Waals surface area contributed by atoms with Gasteiger partial charge in [-0.1, -0.05) is 12.8 Å². The van der Waals surface area contributed by atoms with Crippen LogP contribution in [0.5, 0.6) is 0 Å². The van der Waals surface area contributed by atoms with E-state index in [1.807, 2.05) is 0 Å². The molecule has 3 unspecified atom stereocenters. The third-order valence-electron chi connectivity index (χ3n) is 5.12. The highest BCUT2D eigenvalue weighted by Crippen LogP contribution is 2.22. The maximum Gasteiger partial charge on any atom is 0.0989 e. The molecule has 0 amide bonds. The molecular weight excluding hydrogens is 254 g/mol. The van der Waals surface area contributed by atoms with Gasteiger partial charge in [-0.15, -0.1) is 0 Å². The van der Waals surface area contributed by atoms with Crippen molar-refractivity contribution in [2.45, 2.75) is 50.0 Å². The van der Waals surface area contributed by atoms with Crippen molar-refractivity contribution in [2.75, 3.05) is 46.4 Å². The molecule has 0 aromatic carbocycles. The number of rotatable bonds is 4. The molecule has 5 heteroatoms. The monoisotopic (exact) mass is 283 g/mol. The Kier molecular flexibility index (Phi) is 4.94. The number of piperazine rings is 1. The lowest BCUT2D eigenvalue weighted by Crippen LogP contribution is -2.51. The van der Waals surface area contributed by atoms with Crippen molar-refractivity contribution in [3.05, 3.63) is 0 Å². The van der Waals surface area contributed by atoms with Crippen LogP contribution in [-0.2, 0) is 4.74 Å². The molecule has 116 valence electrons. The Hall–Kier alpha value is -0.200. The average molecular weight is 283 g/mol. The minimum absolute atomic E-state index is 0.0164. The first-order valence-electron chi connectivity index (χ1n) is 8.19. The van der Waals surface area contributed by atoms with Crippen molar-refractivity contribution < 1.29 is 9.84 Å². The molecular formula is C15H29N3O2. The van der Waals surface area contributed by atoms with Gasteiger partial charge in [0, 0.05) is 38.8 Å². The molecule has 0 aromatic rings. The fourth-order valence-electron chi connectivity index (χ4n) is 3.67. The summed E-state index contributed by atoms with van der Waals surface area (Å²) in [7, 11) is 2.17. The van der Waals surface area contributed by atoms with Gasteiger partial charge in [0.15, 0.2) is 0 Å². The highest BCUT2D eigenvalue weighted by Gasteiger charge is 2.38. The summed E-state index contributed by atoms with van der Waals surface area (Å²) in [6, 6.07) is 0.733. The minimum Gasteiger partial charge on any atom is -0.389 e. The van der Waals surface area contributed by atoms with Crippen LogP contribution in [0.2, 0.25) is 0 Å². The van der Waals surface area contributed by atoms with E-state index in [2.05, 4.69) is 22.2 Å². The van der Waals surface area contributed by atoms with Crippen LogP contribution in [0.1, 0.15) is 25.7 Å². The number of nitrogens with one attached hydrogen (secondary N) is 1. The molecule has 0 radical (unpaired) electrons. The number of hydrogen-bond acceptors (Lipinski definition) is 5. The smallest absolute Gasteiger partial charge is 0.0989 e. The SMILES string of the molecule is CN1CCN(CC2OCC(NC3CCCC3)C2O)CC1. The van der Waals surface area contributed by atoms with E-state index >= 15 is 0 Å². The molecule has 1 aliphatic carbocycles. The predicted octanol–water partition coefficient (Wildman–Crippen LogP) is -0.106. The lowest BCUT2D eigenvalue weighted by molar-refractivity contribution is 0.00584. The van der Waals surface area contributed by atoms with Crippen LogP contribution in [0.3, 0.4) is 0 Å². The van der Waals surface area contributed by atoms with E-state index in [0.717, 1.165) is 32.7 Å². The lowest BCUT2D eigenvalue weighted by Gasteiger charge is -2.34. The zero-order chi connectivity index (χ0) is 13.9. The van der Waals surface area contributed by atoms with E-state index in [4.69, 9.17) is 4.74 Å². The fourth-order valence-corrected chi connectivity index (χ4v) is 3.67. The molecule has 3 rings (SSSR count). The molecule has 3 atom stereocenters. The molecule has 0 aromatic heterocycles. The Morgan fingerprint density at radius 2 is 1.85 bits per heavy atom. The van der Waals surface area contributed by atoms with Crippen molar-refractivity contribution >= 4 is 0 Å². The molecule has 0 bridgehead atoms. The highest BCUT2D eigenvalue weighted by atomic mass is 16.5. The normalized spacial score (nSPS) is 37.8. The van der Waals surface area contributed by atoms with E-state index in [0.29, 0.717) is 12.6 Å². The van der Waals surface area contributed by atoms with Gasteiger partial charge in [-0.2, -0.15) is 0 Å². The Morgan fingerprint density at radius 3 is 2.55 bits per heavy atom. The number of ether oxygens (including phenoxy) is 1. The second-order valence-electron chi connectivity index (χ2n) is 6.72. The second kappa shape index (κ2) is 6.71. The van der Waals surface area contributed by atoms with Gasteiger partial charge in [0.1, 0.15) is 0 Å². The first-order chi connectivity index (χ1) is 9.72. The van der Waals surface area contributed by atoms with Crippen LogP contribution in [0.4, 0.5) is 0 Å². The first kappa shape index (κ1) is 14.7. The summed E-state index contributed by atoms with van der Waals surface area (Å²) < 4.78 is 5.85. The molecule has 2 N–H and O–H groups in total. The van der Waals surface area contributed by atoms with Crippen molar-refractivity contribution in [1.82, 2.24) is 15.1 Å². The van der Waals surface area contributed by atoms with Crippen molar-refractivity contribution in [3.8, 4) is 0 Å². The number of nitrogens with zero attached hydrogens (tertiary/aromatic N) is 2. The summed E-state index contributed by atoms with van der Waals surface area (Å²) in [6.45, 7) is 5.95. The summed E-state index contributed by atoms with van der Waals surface area (Å²) in [4.78, 5) is 4.78. The number of hydrogen-bond donors (Lipinski definition) is 2. The van der Waals surface area contributed by atoms with Gasteiger partial charge < -0.3 is 20.1 Å². The quantitative estimate of drug-likeness (QED) is 0.754. The van der Waals surface area contributed by atoms with Crippen molar-refractivity contribution in [1.29, 1.82) is 0 Å². The summed E-state index contributed by atoms with van der Waals surface area (Å²) in [5.41, 5.74) is 0. The first-order valence-corrected chi connectivity index (χ1v) is 8.19. The number of aliphatic hydroxyl groups is 1. The molecule has 5 nitrogen and oxygen atoms in total. The maximum absolute atomic E-state index is 10.5. The van der Waals surface area contributed by atoms with Gasteiger partial charge in [0.05, 0.1) is 24.9 Å². The maximum atomic E-state index is 10.5.